The molecule has 0 atom stereocenters. The van der Waals surface area contributed by atoms with E-state index < -0.39 is 10.0 Å². The largest absolute Gasteiger partial charge is 0.496 e. The SMILES string of the molecule is COc1cc2nccc(Cc3ccc(NS(=O)(=O)c4ccc(OC)c5ccccc45)c(C)c3)c2cc1OC. The van der Waals surface area contributed by atoms with Gasteiger partial charge in [-0.1, -0.05) is 36.4 Å². The van der Waals surface area contributed by atoms with Crippen LogP contribution in [-0.2, 0) is 16.4 Å². The Morgan fingerprint density at radius 3 is 2.18 bits per heavy atom. The average Bonchev–Trinajstić information content (AvgIpc) is 2.93. The minimum atomic E-state index is -3.84. The molecular weight excluding hydrogens is 500 g/mol. The molecule has 0 aliphatic heterocycles. The number of nitrogens with zero attached hydrogens (tertiary/aromatic N) is 1. The number of nitrogens with one attached hydrogen (secondary N) is 1. The summed E-state index contributed by atoms with van der Waals surface area (Å²) in [6, 6.07) is 22.1. The van der Waals surface area contributed by atoms with Crippen LogP contribution in [0.3, 0.4) is 0 Å². The number of pyridine rings is 1. The van der Waals surface area contributed by atoms with Crippen LogP contribution in [0.1, 0.15) is 16.7 Å². The Kier molecular flexibility index (Phi) is 6.82. The molecule has 0 aliphatic rings. The molecule has 5 aromatic rings. The Morgan fingerprint density at radius 1 is 0.763 bits per heavy atom. The van der Waals surface area contributed by atoms with Gasteiger partial charge in [0.25, 0.3) is 10.0 Å². The van der Waals surface area contributed by atoms with Crippen LogP contribution in [0.15, 0.2) is 83.9 Å². The Hall–Kier alpha value is -4.30. The average molecular weight is 529 g/mol. The van der Waals surface area contributed by atoms with Crippen LogP contribution in [0.2, 0.25) is 0 Å². The molecule has 194 valence electrons. The fourth-order valence-corrected chi connectivity index (χ4v) is 6.05. The van der Waals surface area contributed by atoms with Gasteiger partial charge in [-0.2, -0.15) is 0 Å². The van der Waals surface area contributed by atoms with Crippen molar-refractivity contribution in [1.29, 1.82) is 0 Å². The smallest absolute Gasteiger partial charge is 0.262 e. The van der Waals surface area contributed by atoms with Gasteiger partial charge in [-0.05, 0) is 60.4 Å². The van der Waals surface area contributed by atoms with Crippen molar-refractivity contribution in [3.63, 3.8) is 0 Å². The second-order valence-electron chi connectivity index (χ2n) is 8.94. The molecule has 0 amide bonds. The van der Waals surface area contributed by atoms with E-state index in [2.05, 4.69) is 9.71 Å². The Morgan fingerprint density at radius 2 is 1.47 bits per heavy atom. The standard InChI is InChI=1S/C30H28N2O5S/c1-19-15-20(16-21-13-14-31-26-18-29(37-4)28(36-3)17-24(21)26)9-10-25(19)32-38(33,34)30-12-11-27(35-2)22-7-5-6-8-23(22)30/h5-15,17-18,32H,16H2,1-4H3. The first-order chi connectivity index (χ1) is 18.3. The lowest BCUT2D eigenvalue weighted by molar-refractivity contribution is 0.356. The van der Waals surface area contributed by atoms with Crippen molar-refractivity contribution in [2.75, 3.05) is 26.1 Å². The van der Waals surface area contributed by atoms with E-state index in [0.717, 1.165) is 33.0 Å². The first kappa shape index (κ1) is 25.4. The second-order valence-corrected chi connectivity index (χ2v) is 10.6. The maximum absolute atomic E-state index is 13.4. The number of hydrogen-bond acceptors (Lipinski definition) is 6. The van der Waals surface area contributed by atoms with Gasteiger partial charge in [-0.25, -0.2) is 8.42 Å². The van der Waals surface area contributed by atoms with Gasteiger partial charge in [0, 0.05) is 28.4 Å². The quantitative estimate of drug-likeness (QED) is 0.261. The van der Waals surface area contributed by atoms with Gasteiger partial charge < -0.3 is 14.2 Å². The third-order valence-electron chi connectivity index (χ3n) is 6.62. The van der Waals surface area contributed by atoms with Gasteiger partial charge in [0.05, 0.1) is 37.4 Å². The number of ether oxygens (including phenoxy) is 3. The fraction of sp³-hybridized carbons (Fsp3) is 0.167. The molecule has 8 heteroatoms. The molecule has 0 radical (unpaired) electrons. The lowest BCUT2D eigenvalue weighted by Crippen LogP contribution is -2.14. The molecule has 38 heavy (non-hydrogen) atoms. The molecule has 0 fully saturated rings. The van der Waals surface area contributed by atoms with Crippen LogP contribution >= 0.6 is 0 Å². The molecule has 0 spiro atoms. The molecule has 0 bridgehead atoms. The normalized spacial score (nSPS) is 11.5. The number of fused-ring (bicyclic) bond motifs is 2. The van der Waals surface area contributed by atoms with E-state index in [9.17, 15) is 8.42 Å². The molecule has 1 N–H and O–H groups in total. The highest BCUT2D eigenvalue weighted by Crippen LogP contribution is 2.34. The summed E-state index contributed by atoms with van der Waals surface area (Å²) >= 11 is 0. The van der Waals surface area contributed by atoms with E-state index in [0.29, 0.717) is 34.7 Å². The molecule has 0 saturated heterocycles. The van der Waals surface area contributed by atoms with E-state index in [1.807, 2.05) is 55.5 Å². The van der Waals surface area contributed by atoms with Crippen LogP contribution < -0.4 is 18.9 Å². The van der Waals surface area contributed by atoms with E-state index in [-0.39, 0.29) is 4.90 Å². The predicted octanol–water partition coefficient (Wildman–Crippen LogP) is 6.11. The van der Waals surface area contributed by atoms with Gasteiger partial charge >= 0.3 is 0 Å². The minimum Gasteiger partial charge on any atom is -0.496 e. The van der Waals surface area contributed by atoms with Gasteiger partial charge in [0.1, 0.15) is 5.75 Å². The zero-order chi connectivity index (χ0) is 26.9. The third kappa shape index (κ3) is 4.70. The van der Waals surface area contributed by atoms with Crippen molar-refractivity contribution < 1.29 is 22.6 Å². The van der Waals surface area contributed by atoms with Crippen molar-refractivity contribution in [2.45, 2.75) is 18.2 Å². The molecule has 7 nitrogen and oxygen atoms in total. The van der Waals surface area contributed by atoms with Gasteiger partial charge in [0.2, 0.25) is 0 Å². The molecule has 1 heterocycles. The van der Waals surface area contributed by atoms with E-state index >= 15 is 0 Å². The number of methoxy groups -OCH3 is 3. The number of hydrogen-bond donors (Lipinski definition) is 1. The zero-order valence-electron chi connectivity index (χ0n) is 21.6. The first-order valence-electron chi connectivity index (χ1n) is 12.0. The summed E-state index contributed by atoms with van der Waals surface area (Å²) in [5.41, 5.74) is 4.28. The van der Waals surface area contributed by atoms with Gasteiger partial charge in [-0.3, -0.25) is 9.71 Å². The number of rotatable bonds is 8. The Labute approximate surface area is 222 Å². The van der Waals surface area contributed by atoms with Crippen LogP contribution in [0.25, 0.3) is 21.7 Å². The van der Waals surface area contributed by atoms with Gasteiger partial charge in [-0.15, -0.1) is 0 Å². The highest BCUT2D eigenvalue weighted by Gasteiger charge is 2.20. The molecule has 0 aliphatic carbocycles. The van der Waals surface area contributed by atoms with Crippen molar-refractivity contribution in [2.24, 2.45) is 0 Å². The van der Waals surface area contributed by atoms with E-state index in [4.69, 9.17) is 14.2 Å². The summed E-state index contributed by atoms with van der Waals surface area (Å²) in [4.78, 5) is 4.68. The zero-order valence-corrected chi connectivity index (χ0v) is 22.4. The number of benzene rings is 4. The number of sulfonamides is 1. The second kappa shape index (κ2) is 10.2. The Balaban J connectivity index is 1.45. The summed E-state index contributed by atoms with van der Waals surface area (Å²) in [6.45, 7) is 1.89. The Bertz CT molecular complexity index is 1770. The maximum Gasteiger partial charge on any atom is 0.262 e. The fourth-order valence-electron chi connectivity index (χ4n) is 4.71. The molecule has 1 aromatic heterocycles. The van der Waals surface area contributed by atoms with E-state index in [1.54, 1.807) is 51.8 Å². The monoisotopic (exact) mass is 528 g/mol. The van der Waals surface area contributed by atoms with Crippen LogP contribution in [0.5, 0.6) is 17.2 Å². The highest BCUT2D eigenvalue weighted by atomic mass is 32.2. The number of anilines is 1. The van der Waals surface area contributed by atoms with E-state index in [1.165, 1.54) is 0 Å². The molecule has 5 rings (SSSR count). The lowest BCUT2D eigenvalue weighted by atomic mass is 9.99. The molecular formula is C30H28N2O5S. The summed E-state index contributed by atoms with van der Waals surface area (Å²) < 4.78 is 45.9. The highest BCUT2D eigenvalue weighted by molar-refractivity contribution is 7.93. The van der Waals surface area contributed by atoms with Crippen molar-refractivity contribution >= 4 is 37.4 Å². The van der Waals surface area contributed by atoms with Crippen molar-refractivity contribution in [3.05, 3.63) is 95.7 Å². The predicted molar refractivity (Wildman–Crippen MR) is 150 cm³/mol. The van der Waals surface area contributed by atoms with Crippen LogP contribution in [0, 0.1) is 6.92 Å². The van der Waals surface area contributed by atoms with Crippen LogP contribution in [-0.4, -0.2) is 34.7 Å². The molecule has 0 saturated carbocycles. The minimum absolute atomic E-state index is 0.199. The van der Waals surface area contributed by atoms with Crippen molar-refractivity contribution in [3.8, 4) is 17.2 Å². The van der Waals surface area contributed by atoms with Crippen LogP contribution in [0.4, 0.5) is 5.69 Å². The van der Waals surface area contributed by atoms with Crippen molar-refractivity contribution in [1.82, 2.24) is 4.98 Å². The topological polar surface area (TPSA) is 86.8 Å². The number of aromatic nitrogens is 1. The summed E-state index contributed by atoms with van der Waals surface area (Å²) in [7, 11) is 0.938. The summed E-state index contributed by atoms with van der Waals surface area (Å²) in [5.74, 6) is 1.89. The van der Waals surface area contributed by atoms with Gasteiger partial charge in [0.15, 0.2) is 11.5 Å². The molecule has 0 unspecified atom stereocenters. The maximum atomic E-state index is 13.4. The number of aryl methyl sites for hydroxylation is 1. The lowest BCUT2D eigenvalue weighted by Gasteiger charge is -2.15. The molecule has 4 aromatic carbocycles. The first-order valence-corrected chi connectivity index (χ1v) is 13.5. The third-order valence-corrected chi connectivity index (χ3v) is 8.04. The summed E-state index contributed by atoms with van der Waals surface area (Å²) in [6.07, 6.45) is 2.42. The summed E-state index contributed by atoms with van der Waals surface area (Å²) in [5, 5.41) is 2.31.